The normalized spacial score (nSPS) is 13.2. The fourth-order valence-electron chi connectivity index (χ4n) is 2.09. The molecule has 0 aromatic heterocycles. The smallest absolute Gasteiger partial charge is 0.00493 e. The fraction of sp³-hybridized carbons (Fsp3) is 1.00. The molecule has 0 saturated carbocycles. The largest absolute Gasteiger partial charge is 0.0654 e. The molecule has 0 aliphatic carbocycles. The van der Waals surface area contributed by atoms with Crippen molar-refractivity contribution < 1.29 is 0 Å². The van der Waals surface area contributed by atoms with Gasteiger partial charge in [0, 0.05) is 18.1 Å². The van der Waals surface area contributed by atoms with Gasteiger partial charge in [-0.2, -0.15) is 0 Å². The summed E-state index contributed by atoms with van der Waals surface area (Å²) < 4.78 is 0. The molecule has 0 aromatic rings. The van der Waals surface area contributed by atoms with E-state index in [1.807, 2.05) is 0 Å². The van der Waals surface area contributed by atoms with E-state index in [1.54, 1.807) is 24.9 Å². The van der Waals surface area contributed by atoms with E-state index in [9.17, 15) is 0 Å². The zero-order valence-electron chi connectivity index (χ0n) is 11.2. The van der Waals surface area contributed by atoms with Crippen LogP contribution < -0.4 is 0 Å². The van der Waals surface area contributed by atoms with Crippen molar-refractivity contribution in [3.05, 3.63) is 0 Å². The Kier molecular flexibility index (Phi) is 15.3. The Hall–Kier alpha value is 0.651. The molecule has 0 bridgehead atoms. The number of unbranched alkanes of at least 4 members (excludes halogenated alkanes) is 6. The Bertz CT molecular complexity index is 95.0. The van der Waals surface area contributed by atoms with Crippen LogP contribution in [0.5, 0.6) is 0 Å². The second-order valence-corrected chi connectivity index (χ2v) is 21.2. The maximum absolute atomic E-state index is 2.31. The molecule has 0 rings (SSSR count). The van der Waals surface area contributed by atoms with Crippen LogP contribution in [0.4, 0.5) is 0 Å². The average molecular weight is 261 g/mol. The predicted molar refractivity (Wildman–Crippen MR) is 83.5 cm³/mol. The molecule has 0 N–H and O–H groups in total. The molecule has 0 fully saturated rings. The Morgan fingerprint density at radius 1 is 0.600 bits per heavy atom. The second-order valence-electron chi connectivity index (χ2n) is 4.89. The van der Waals surface area contributed by atoms with Crippen LogP contribution in [0, 0.1) is 0 Å². The lowest BCUT2D eigenvalue weighted by Gasteiger charge is -2.00. The molecule has 0 nitrogen and oxygen atoms in total. The molecule has 92 valence electrons. The Morgan fingerprint density at radius 3 is 1.47 bits per heavy atom. The van der Waals surface area contributed by atoms with Gasteiger partial charge in [-0.1, -0.05) is 77.3 Å². The maximum atomic E-state index is 2.31. The summed E-state index contributed by atoms with van der Waals surface area (Å²) in [7, 11) is 1.71. The second kappa shape index (κ2) is 14.7. The zero-order chi connectivity index (χ0) is 11.2. The van der Waals surface area contributed by atoms with Gasteiger partial charge < -0.3 is 0 Å². The first kappa shape index (κ1) is 15.7. The monoisotopic (exact) mass is 260 g/mol. The first-order valence-corrected chi connectivity index (χ1v) is 17.4. The fourth-order valence-corrected chi connectivity index (χ4v) is 19.4. The number of hydrogen-bond acceptors (Lipinski definition) is 0. The summed E-state index contributed by atoms with van der Waals surface area (Å²) in [6.07, 6.45) is 12.1. The van der Waals surface area contributed by atoms with E-state index in [2.05, 4.69) is 13.8 Å². The molecule has 0 saturated heterocycles. The minimum atomic E-state index is 0.544. The third-order valence-electron chi connectivity index (χ3n) is 3.21. The molecule has 0 aliphatic rings. The predicted octanol–water partition coefficient (Wildman–Crippen LogP) is 2.32. The topological polar surface area (TPSA) is 0 Å². The molecular formula is C12H32Si3. The van der Waals surface area contributed by atoms with Crippen LogP contribution in [0.2, 0.25) is 12.1 Å². The van der Waals surface area contributed by atoms with Gasteiger partial charge in [0.1, 0.15) is 0 Å². The number of rotatable bonds is 12. The van der Waals surface area contributed by atoms with Gasteiger partial charge in [0.2, 0.25) is 0 Å². The van der Waals surface area contributed by atoms with Crippen LogP contribution in [0.3, 0.4) is 0 Å². The van der Waals surface area contributed by atoms with E-state index in [1.165, 1.54) is 38.5 Å². The van der Waals surface area contributed by atoms with Crippen molar-refractivity contribution in [2.24, 2.45) is 0 Å². The Labute approximate surface area is 104 Å². The van der Waals surface area contributed by atoms with Crippen LogP contribution in [0.1, 0.15) is 65.2 Å². The molecular weight excluding hydrogens is 228 g/mol. The summed E-state index contributed by atoms with van der Waals surface area (Å²) in [5.41, 5.74) is 0. The first-order valence-electron chi connectivity index (χ1n) is 7.41. The van der Waals surface area contributed by atoms with Gasteiger partial charge in [-0.15, -0.1) is 0 Å². The highest BCUT2D eigenvalue weighted by atomic mass is 29.5. The van der Waals surface area contributed by atoms with Crippen molar-refractivity contribution in [1.29, 1.82) is 0 Å². The molecule has 0 radical (unpaired) electrons. The van der Waals surface area contributed by atoms with E-state index in [0.717, 1.165) is 0 Å². The minimum Gasteiger partial charge on any atom is -0.0654 e. The molecule has 0 spiro atoms. The van der Waals surface area contributed by atoms with Gasteiger partial charge in [-0.3, -0.25) is 0 Å². The van der Waals surface area contributed by atoms with Crippen LogP contribution in [-0.4, -0.2) is 26.6 Å². The molecule has 3 heteroatoms. The number of hydrogen-bond donors (Lipinski definition) is 0. The first-order chi connectivity index (χ1) is 7.41. The van der Waals surface area contributed by atoms with E-state index in [0.29, 0.717) is 26.6 Å². The third-order valence-corrected chi connectivity index (χ3v) is 21.2. The van der Waals surface area contributed by atoms with Crippen molar-refractivity contribution in [2.75, 3.05) is 0 Å². The van der Waals surface area contributed by atoms with E-state index >= 15 is 0 Å². The van der Waals surface area contributed by atoms with E-state index in [4.69, 9.17) is 0 Å². The van der Waals surface area contributed by atoms with Gasteiger partial charge in [-0.25, -0.2) is 0 Å². The molecule has 0 amide bonds. The highest BCUT2D eigenvalue weighted by molar-refractivity contribution is 7.29. The maximum Gasteiger partial charge on any atom is 0.00493 e. The van der Waals surface area contributed by atoms with Crippen molar-refractivity contribution in [3.8, 4) is 0 Å². The Balaban J connectivity index is 2.81. The van der Waals surface area contributed by atoms with E-state index < -0.39 is 0 Å². The molecule has 0 unspecified atom stereocenters. The van der Waals surface area contributed by atoms with Gasteiger partial charge >= 0.3 is 0 Å². The third kappa shape index (κ3) is 14.7. The minimum absolute atomic E-state index is 0.544. The van der Waals surface area contributed by atoms with Gasteiger partial charge in [0.15, 0.2) is 0 Å². The molecule has 15 heavy (non-hydrogen) atoms. The lowest BCUT2D eigenvalue weighted by atomic mass is 10.2. The highest BCUT2D eigenvalue weighted by Crippen LogP contribution is 2.03. The lowest BCUT2D eigenvalue weighted by Crippen LogP contribution is -2.11. The summed E-state index contributed by atoms with van der Waals surface area (Å²) in [5, 5.41) is 0. The van der Waals surface area contributed by atoms with Crippen molar-refractivity contribution >= 4 is 26.6 Å². The molecule has 0 aromatic carbocycles. The van der Waals surface area contributed by atoms with Crippen molar-refractivity contribution in [1.82, 2.24) is 0 Å². The lowest BCUT2D eigenvalue weighted by molar-refractivity contribution is 0.701. The van der Waals surface area contributed by atoms with Gasteiger partial charge in [0.05, 0.1) is 0 Å². The van der Waals surface area contributed by atoms with Gasteiger partial charge in [-0.05, 0) is 8.55 Å². The average Bonchev–Trinajstić information content (AvgIpc) is 2.26. The van der Waals surface area contributed by atoms with Crippen LogP contribution >= 0.6 is 0 Å². The molecule has 0 aliphatic heterocycles. The molecule has 0 atom stereocenters. The van der Waals surface area contributed by atoms with Crippen LogP contribution in [0.15, 0.2) is 0 Å². The van der Waals surface area contributed by atoms with Crippen molar-refractivity contribution in [3.63, 3.8) is 0 Å². The van der Waals surface area contributed by atoms with Gasteiger partial charge in [0.25, 0.3) is 0 Å². The summed E-state index contributed by atoms with van der Waals surface area (Å²) in [5.74, 6) is 0. The SMILES string of the molecule is CCCCCC[SiH2][SiH2][SiH2]CCCCCC. The zero-order valence-corrected chi connectivity index (χ0v) is 15.4. The van der Waals surface area contributed by atoms with E-state index in [-0.39, 0.29) is 0 Å². The van der Waals surface area contributed by atoms with Crippen molar-refractivity contribution in [2.45, 2.75) is 77.3 Å². The summed E-state index contributed by atoms with van der Waals surface area (Å²) in [6, 6.07) is 3.43. The van der Waals surface area contributed by atoms with Crippen LogP contribution in [-0.2, 0) is 0 Å². The Morgan fingerprint density at radius 2 is 1.07 bits per heavy atom. The quantitative estimate of drug-likeness (QED) is 0.373. The summed E-state index contributed by atoms with van der Waals surface area (Å²) in [4.78, 5) is 0. The van der Waals surface area contributed by atoms with Crippen LogP contribution in [0.25, 0.3) is 0 Å². The highest BCUT2D eigenvalue weighted by Gasteiger charge is 1.94. The summed E-state index contributed by atoms with van der Waals surface area (Å²) >= 11 is 0. The summed E-state index contributed by atoms with van der Waals surface area (Å²) in [6.45, 7) is 4.63. The standard InChI is InChI=1S/C12H32Si3/c1-3-5-7-9-11-13-15-14-12-10-8-6-4-2/h3-15H2,1-2H3. The molecule has 0 heterocycles.